The second-order valence-electron chi connectivity index (χ2n) is 4.41. The van der Waals surface area contributed by atoms with Crippen molar-refractivity contribution in [1.29, 1.82) is 0 Å². The fraction of sp³-hybridized carbons (Fsp3) is 0.545. The van der Waals surface area contributed by atoms with Crippen molar-refractivity contribution >= 4 is 15.9 Å². The van der Waals surface area contributed by atoms with Crippen molar-refractivity contribution in [3.63, 3.8) is 0 Å². The molecule has 0 radical (unpaired) electrons. The molecule has 0 unspecified atom stereocenters. The topological polar surface area (TPSA) is 88.4 Å². The van der Waals surface area contributed by atoms with Crippen molar-refractivity contribution in [2.75, 3.05) is 6.26 Å². The van der Waals surface area contributed by atoms with Gasteiger partial charge in [0.15, 0.2) is 0 Å². The van der Waals surface area contributed by atoms with Crippen molar-refractivity contribution in [1.82, 2.24) is 10.0 Å². The third-order valence-corrected chi connectivity index (χ3v) is 2.99. The minimum Gasteiger partial charge on any atom is -0.467 e. The molecule has 7 heteroatoms. The number of hydrogen-bond donors (Lipinski definition) is 2. The highest BCUT2D eigenvalue weighted by atomic mass is 32.2. The summed E-state index contributed by atoms with van der Waals surface area (Å²) in [6, 6.07) is 2.67. The van der Waals surface area contributed by atoms with E-state index in [0.29, 0.717) is 5.76 Å². The monoisotopic (exact) mass is 274 g/mol. The van der Waals surface area contributed by atoms with Crippen LogP contribution in [0.1, 0.15) is 19.6 Å². The Bertz CT molecular complexity index is 479. The van der Waals surface area contributed by atoms with E-state index < -0.39 is 16.1 Å². The molecular formula is C11H18N2O4S. The number of nitrogens with one attached hydrogen (secondary N) is 2. The second-order valence-corrected chi connectivity index (χ2v) is 6.19. The van der Waals surface area contributed by atoms with E-state index in [2.05, 4.69) is 10.0 Å². The number of rotatable bonds is 6. The number of sulfonamides is 1. The van der Waals surface area contributed by atoms with E-state index in [9.17, 15) is 13.2 Å². The van der Waals surface area contributed by atoms with Gasteiger partial charge in [-0.1, -0.05) is 13.8 Å². The number of amides is 1. The molecule has 18 heavy (non-hydrogen) atoms. The molecule has 1 atom stereocenters. The Hall–Kier alpha value is -1.34. The van der Waals surface area contributed by atoms with Crippen LogP contribution >= 0.6 is 0 Å². The third kappa shape index (κ3) is 4.89. The minimum absolute atomic E-state index is 0.142. The van der Waals surface area contributed by atoms with Crippen LogP contribution in [0.4, 0.5) is 0 Å². The van der Waals surface area contributed by atoms with Crippen LogP contribution in [-0.2, 0) is 21.4 Å². The summed E-state index contributed by atoms with van der Waals surface area (Å²) in [5.41, 5.74) is 0. The van der Waals surface area contributed by atoms with Crippen LogP contribution in [0.5, 0.6) is 0 Å². The summed E-state index contributed by atoms with van der Waals surface area (Å²) < 4.78 is 29.7. The highest BCUT2D eigenvalue weighted by Gasteiger charge is 2.25. The lowest BCUT2D eigenvalue weighted by Gasteiger charge is -2.20. The summed E-state index contributed by atoms with van der Waals surface area (Å²) in [5, 5.41) is 2.63. The van der Waals surface area contributed by atoms with E-state index in [1.165, 1.54) is 6.26 Å². The summed E-state index contributed by atoms with van der Waals surface area (Å²) in [4.78, 5) is 11.9. The van der Waals surface area contributed by atoms with Gasteiger partial charge in [-0.25, -0.2) is 13.1 Å². The van der Waals surface area contributed by atoms with Crippen LogP contribution in [0.15, 0.2) is 22.8 Å². The summed E-state index contributed by atoms with van der Waals surface area (Å²) >= 11 is 0. The first-order valence-corrected chi connectivity index (χ1v) is 7.46. The first-order chi connectivity index (χ1) is 8.29. The summed E-state index contributed by atoms with van der Waals surface area (Å²) in [6.07, 6.45) is 2.54. The Balaban J connectivity index is 2.60. The van der Waals surface area contributed by atoms with Gasteiger partial charge in [0.2, 0.25) is 15.9 Å². The van der Waals surface area contributed by atoms with Crippen LogP contribution in [0.25, 0.3) is 0 Å². The summed E-state index contributed by atoms with van der Waals surface area (Å²) in [5.74, 6) is 0.105. The van der Waals surface area contributed by atoms with Gasteiger partial charge in [-0.3, -0.25) is 4.79 Å². The second kappa shape index (κ2) is 6.01. The Morgan fingerprint density at radius 1 is 1.44 bits per heavy atom. The Morgan fingerprint density at radius 2 is 2.11 bits per heavy atom. The average molecular weight is 274 g/mol. The third-order valence-electron chi connectivity index (χ3n) is 2.31. The zero-order valence-corrected chi connectivity index (χ0v) is 11.5. The molecule has 0 aromatic carbocycles. The largest absolute Gasteiger partial charge is 0.467 e. The lowest BCUT2D eigenvalue weighted by molar-refractivity contribution is -0.123. The molecule has 2 N–H and O–H groups in total. The van der Waals surface area contributed by atoms with Gasteiger partial charge < -0.3 is 9.73 Å². The smallest absolute Gasteiger partial charge is 0.238 e. The molecule has 1 aromatic rings. The molecule has 0 spiro atoms. The van der Waals surface area contributed by atoms with Crippen LogP contribution in [0, 0.1) is 5.92 Å². The summed E-state index contributed by atoms with van der Waals surface area (Å²) in [7, 11) is -3.42. The van der Waals surface area contributed by atoms with Gasteiger partial charge in [0.1, 0.15) is 11.8 Å². The van der Waals surface area contributed by atoms with E-state index in [4.69, 9.17) is 4.42 Å². The lowest BCUT2D eigenvalue weighted by atomic mass is 10.1. The molecule has 0 saturated heterocycles. The van der Waals surface area contributed by atoms with Gasteiger partial charge in [0, 0.05) is 0 Å². The maximum Gasteiger partial charge on any atom is 0.238 e. The number of carbonyl (C=O) groups is 1. The van der Waals surface area contributed by atoms with Gasteiger partial charge in [-0.2, -0.15) is 0 Å². The predicted molar refractivity (Wildman–Crippen MR) is 67.2 cm³/mol. The first-order valence-electron chi connectivity index (χ1n) is 5.57. The maximum atomic E-state index is 11.9. The zero-order chi connectivity index (χ0) is 13.8. The molecular weight excluding hydrogens is 256 g/mol. The highest BCUT2D eigenvalue weighted by Crippen LogP contribution is 2.04. The highest BCUT2D eigenvalue weighted by molar-refractivity contribution is 7.88. The fourth-order valence-corrected chi connectivity index (χ4v) is 2.26. The van der Waals surface area contributed by atoms with Gasteiger partial charge in [0.25, 0.3) is 0 Å². The Kier molecular flexibility index (Phi) is 4.92. The molecule has 0 aliphatic heterocycles. The number of carbonyl (C=O) groups excluding carboxylic acids is 1. The van der Waals surface area contributed by atoms with Crippen LogP contribution < -0.4 is 10.0 Å². The van der Waals surface area contributed by atoms with Gasteiger partial charge >= 0.3 is 0 Å². The van der Waals surface area contributed by atoms with Crippen LogP contribution in [0.2, 0.25) is 0 Å². The van der Waals surface area contributed by atoms with Crippen molar-refractivity contribution < 1.29 is 17.6 Å². The molecule has 1 heterocycles. The number of hydrogen-bond acceptors (Lipinski definition) is 4. The molecule has 1 amide bonds. The lowest BCUT2D eigenvalue weighted by Crippen LogP contribution is -2.49. The molecule has 1 aromatic heterocycles. The molecule has 0 saturated carbocycles. The van der Waals surface area contributed by atoms with Crippen molar-refractivity contribution in [3.8, 4) is 0 Å². The van der Waals surface area contributed by atoms with E-state index in [0.717, 1.165) is 6.26 Å². The van der Waals surface area contributed by atoms with Gasteiger partial charge in [0.05, 0.1) is 19.1 Å². The maximum absolute atomic E-state index is 11.9. The normalized spacial score (nSPS) is 13.6. The standard InChI is InChI=1S/C11H18N2O4S/c1-8(2)10(13-18(3,15)16)11(14)12-7-9-5-4-6-17-9/h4-6,8,10,13H,7H2,1-3H3,(H,12,14)/t10-/m0/s1. The molecule has 0 fully saturated rings. The fourth-order valence-electron chi connectivity index (χ4n) is 1.42. The van der Waals surface area contributed by atoms with Crippen molar-refractivity contribution in [3.05, 3.63) is 24.2 Å². The Labute approximate surface area is 107 Å². The first kappa shape index (κ1) is 14.7. The van der Waals surface area contributed by atoms with Crippen LogP contribution in [0.3, 0.4) is 0 Å². The molecule has 0 aliphatic rings. The molecule has 0 bridgehead atoms. The quantitative estimate of drug-likeness (QED) is 0.789. The summed E-state index contributed by atoms with van der Waals surface area (Å²) in [6.45, 7) is 3.78. The van der Waals surface area contributed by atoms with E-state index in [1.807, 2.05) is 0 Å². The van der Waals surface area contributed by atoms with Crippen LogP contribution in [-0.4, -0.2) is 26.6 Å². The molecule has 0 aliphatic carbocycles. The van der Waals surface area contributed by atoms with E-state index in [1.54, 1.807) is 26.0 Å². The molecule has 6 nitrogen and oxygen atoms in total. The van der Waals surface area contributed by atoms with E-state index in [-0.39, 0.29) is 18.4 Å². The van der Waals surface area contributed by atoms with Gasteiger partial charge in [-0.05, 0) is 18.1 Å². The molecule has 1 rings (SSSR count). The average Bonchev–Trinajstić information content (AvgIpc) is 2.73. The Morgan fingerprint density at radius 3 is 2.56 bits per heavy atom. The van der Waals surface area contributed by atoms with Gasteiger partial charge in [-0.15, -0.1) is 0 Å². The SMILES string of the molecule is CC(C)[C@H](NS(C)(=O)=O)C(=O)NCc1ccco1. The minimum atomic E-state index is -3.42. The predicted octanol–water partition coefficient (Wildman–Crippen LogP) is 0.470. The van der Waals surface area contributed by atoms with Crippen molar-refractivity contribution in [2.24, 2.45) is 5.92 Å². The number of furan rings is 1. The molecule has 102 valence electrons. The van der Waals surface area contributed by atoms with Crippen molar-refractivity contribution in [2.45, 2.75) is 26.4 Å². The zero-order valence-electron chi connectivity index (χ0n) is 10.6. The van der Waals surface area contributed by atoms with E-state index >= 15 is 0 Å².